The highest BCUT2D eigenvalue weighted by Crippen LogP contribution is 2.38. The summed E-state index contributed by atoms with van der Waals surface area (Å²) in [6.45, 7) is 2.42. The van der Waals surface area contributed by atoms with Gasteiger partial charge in [0, 0.05) is 5.56 Å². The van der Waals surface area contributed by atoms with Crippen molar-refractivity contribution in [2.24, 2.45) is 0 Å². The third-order valence-electron chi connectivity index (χ3n) is 4.57. The van der Waals surface area contributed by atoms with Crippen molar-refractivity contribution in [2.75, 3.05) is 11.5 Å². The average molecular weight is 476 g/mol. The molecule has 4 rings (SSSR count). The Labute approximate surface area is 191 Å². The summed E-state index contributed by atoms with van der Waals surface area (Å²) in [4.78, 5) is 14.8. The second kappa shape index (κ2) is 8.84. The summed E-state index contributed by atoms with van der Waals surface area (Å²) in [5.74, 6) is 1.35. The largest absolute Gasteiger partial charge is 0.494 e. The summed E-state index contributed by atoms with van der Waals surface area (Å²) in [6, 6.07) is 15.1. The van der Waals surface area contributed by atoms with Gasteiger partial charge in [-0.1, -0.05) is 24.4 Å². The molecule has 2 heterocycles. The highest BCUT2D eigenvalue weighted by molar-refractivity contribution is 8.20. The van der Waals surface area contributed by atoms with Gasteiger partial charge in [0.2, 0.25) is 0 Å². The van der Waals surface area contributed by atoms with Crippen LogP contribution in [0.5, 0.6) is 5.75 Å². The van der Waals surface area contributed by atoms with E-state index in [1.165, 1.54) is 17.0 Å². The number of ether oxygens (including phenoxy) is 1. The minimum atomic E-state index is -4.44. The normalized spacial score (nSPS) is 15.6. The van der Waals surface area contributed by atoms with Gasteiger partial charge in [-0.05, 0) is 73.3 Å². The summed E-state index contributed by atoms with van der Waals surface area (Å²) in [5.41, 5.74) is 0.164. The van der Waals surface area contributed by atoms with Gasteiger partial charge in [-0.3, -0.25) is 9.69 Å². The topological polar surface area (TPSA) is 42.7 Å². The van der Waals surface area contributed by atoms with Crippen molar-refractivity contribution in [1.29, 1.82) is 0 Å². The van der Waals surface area contributed by atoms with E-state index in [0.717, 1.165) is 23.9 Å². The lowest BCUT2D eigenvalue weighted by Gasteiger charge is -2.15. The maximum absolute atomic E-state index is 13.0. The van der Waals surface area contributed by atoms with Gasteiger partial charge in [0.25, 0.3) is 5.24 Å². The molecule has 0 radical (unpaired) electrons. The van der Waals surface area contributed by atoms with Gasteiger partial charge in [0.15, 0.2) is 0 Å². The molecule has 1 fully saturated rings. The number of amides is 1. The molecule has 0 aliphatic carbocycles. The lowest BCUT2D eigenvalue weighted by atomic mass is 10.1. The van der Waals surface area contributed by atoms with Gasteiger partial charge in [-0.2, -0.15) is 13.2 Å². The second-order valence-corrected chi connectivity index (χ2v) is 8.10. The van der Waals surface area contributed by atoms with Gasteiger partial charge >= 0.3 is 6.18 Å². The van der Waals surface area contributed by atoms with Gasteiger partial charge in [0.05, 0.1) is 22.8 Å². The number of carbonyl (C=O) groups excluding carboxylic acids is 1. The Balaban J connectivity index is 1.56. The summed E-state index contributed by atoms with van der Waals surface area (Å²) in [5, 5.41) is -0.255. The van der Waals surface area contributed by atoms with Crippen molar-refractivity contribution < 1.29 is 27.1 Å². The molecule has 0 atom stereocenters. The number of furan rings is 1. The van der Waals surface area contributed by atoms with E-state index in [9.17, 15) is 18.0 Å². The minimum Gasteiger partial charge on any atom is -0.494 e. The predicted octanol–water partition coefficient (Wildman–Crippen LogP) is 7.41. The Kier molecular flexibility index (Phi) is 6.12. The van der Waals surface area contributed by atoms with E-state index < -0.39 is 11.7 Å². The van der Waals surface area contributed by atoms with E-state index in [-0.39, 0.29) is 11.0 Å². The lowest BCUT2D eigenvalue weighted by Crippen LogP contribution is -2.26. The molecule has 0 spiro atoms. The highest BCUT2D eigenvalue weighted by atomic mass is 32.2. The standard InChI is InChI=1S/C23H16F3NO3S2/c1-2-29-17-8-6-16(7-9-17)27-21(31)20(32-22(27)28)13-18-10-11-19(30-18)14-4-3-5-15(12-14)23(24,25)26/h3-13H,2H2,1H3. The lowest BCUT2D eigenvalue weighted by molar-refractivity contribution is -0.137. The van der Waals surface area contributed by atoms with Crippen LogP contribution in [0.25, 0.3) is 17.4 Å². The van der Waals surface area contributed by atoms with Crippen molar-refractivity contribution in [1.82, 2.24) is 0 Å². The molecule has 0 unspecified atom stereocenters. The third-order valence-corrected chi connectivity index (χ3v) is 5.99. The van der Waals surface area contributed by atoms with Gasteiger partial charge in [-0.15, -0.1) is 0 Å². The molecule has 0 N–H and O–H groups in total. The first kappa shape index (κ1) is 22.2. The van der Waals surface area contributed by atoms with Crippen LogP contribution < -0.4 is 9.64 Å². The number of hydrogen-bond acceptors (Lipinski definition) is 5. The number of rotatable bonds is 5. The number of thioether (sulfide) groups is 1. The molecule has 1 saturated heterocycles. The Bertz CT molecular complexity index is 1200. The molecular formula is C23H16F3NO3S2. The molecule has 1 aliphatic rings. The van der Waals surface area contributed by atoms with E-state index in [1.807, 2.05) is 6.92 Å². The SMILES string of the molecule is CCOc1ccc(N2C(=O)SC(=Cc3ccc(-c4cccc(C(F)(F)F)c4)o3)C2=S)cc1. The Hall–Kier alpha value is -3.04. The zero-order chi connectivity index (χ0) is 22.9. The maximum Gasteiger partial charge on any atom is 0.416 e. The first-order chi connectivity index (χ1) is 15.3. The van der Waals surface area contributed by atoms with Crippen LogP contribution in [0.4, 0.5) is 23.7 Å². The second-order valence-electron chi connectivity index (χ2n) is 6.72. The average Bonchev–Trinajstić information content (AvgIpc) is 3.33. The smallest absolute Gasteiger partial charge is 0.416 e. The van der Waals surface area contributed by atoms with Gasteiger partial charge in [0.1, 0.15) is 22.3 Å². The molecule has 0 bridgehead atoms. The fourth-order valence-electron chi connectivity index (χ4n) is 3.11. The van der Waals surface area contributed by atoms with Crippen molar-refractivity contribution in [2.45, 2.75) is 13.1 Å². The molecule has 1 aromatic heterocycles. The van der Waals surface area contributed by atoms with Crippen LogP contribution in [0, 0.1) is 0 Å². The zero-order valence-corrected chi connectivity index (χ0v) is 18.3. The number of alkyl halides is 3. The van der Waals surface area contributed by atoms with Crippen LogP contribution in [0.3, 0.4) is 0 Å². The number of benzene rings is 2. The summed E-state index contributed by atoms with van der Waals surface area (Å²) < 4.78 is 50.0. The molecular weight excluding hydrogens is 459 g/mol. The van der Waals surface area contributed by atoms with E-state index in [2.05, 4.69) is 0 Å². The Morgan fingerprint density at radius 3 is 2.56 bits per heavy atom. The van der Waals surface area contributed by atoms with Crippen molar-refractivity contribution in [3.8, 4) is 17.1 Å². The maximum atomic E-state index is 13.0. The molecule has 164 valence electrons. The van der Waals surface area contributed by atoms with Crippen LogP contribution in [0.15, 0.2) is 70.0 Å². The molecule has 32 heavy (non-hydrogen) atoms. The summed E-state index contributed by atoms with van der Waals surface area (Å²) in [6.07, 6.45) is -2.83. The Morgan fingerprint density at radius 2 is 1.88 bits per heavy atom. The quantitative estimate of drug-likeness (QED) is 0.284. The third kappa shape index (κ3) is 4.58. The minimum absolute atomic E-state index is 0.255. The first-order valence-corrected chi connectivity index (χ1v) is 10.8. The number of anilines is 1. The van der Waals surface area contributed by atoms with Crippen LogP contribution in [-0.4, -0.2) is 16.8 Å². The van der Waals surface area contributed by atoms with Crippen LogP contribution in [0.2, 0.25) is 0 Å². The van der Waals surface area contributed by atoms with Crippen molar-refractivity contribution in [3.05, 3.63) is 76.9 Å². The van der Waals surface area contributed by atoms with E-state index in [0.29, 0.717) is 39.3 Å². The van der Waals surface area contributed by atoms with Gasteiger partial charge in [-0.25, -0.2) is 0 Å². The van der Waals surface area contributed by atoms with Crippen LogP contribution >= 0.6 is 24.0 Å². The predicted molar refractivity (Wildman–Crippen MR) is 123 cm³/mol. The summed E-state index contributed by atoms with van der Waals surface area (Å²) >= 11 is 6.44. The molecule has 1 amide bonds. The van der Waals surface area contributed by atoms with Gasteiger partial charge < -0.3 is 9.15 Å². The van der Waals surface area contributed by atoms with Crippen LogP contribution in [-0.2, 0) is 6.18 Å². The fourth-order valence-corrected chi connectivity index (χ4v) is 4.37. The number of hydrogen-bond donors (Lipinski definition) is 0. The molecule has 1 aliphatic heterocycles. The van der Waals surface area contributed by atoms with Crippen molar-refractivity contribution >= 4 is 46.0 Å². The molecule has 4 nitrogen and oxygen atoms in total. The van der Waals surface area contributed by atoms with E-state index in [4.69, 9.17) is 21.4 Å². The number of halogens is 3. The molecule has 9 heteroatoms. The van der Waals surface area contributed by atoms with E-state index >= 15 is 0 Å². The van der Waals surface area contributed by atoms with Crippen molar-refractivity contribution in [3.63, 3.8) is 0 Å². The Morgan fingerprint density at radius 1 is 1.12 bits per heavy atom. The monoisotopic (exact) mass is 475 g/mol. The fraction of sp³-hybridized carbons (Fsp3) is 0.130. The summed E-state index contributed by atoms with van der Waals surface area (Å²) in [7, 11) is 0. The van der Waals surface area contributed by atoms with Crippen LogP contribution in [0.1, 0.15) is 18.2 Å². The number of thiocarbonyl (C=S) groups is 1. The highest BCUT2D eigenvalue weighted by Gasteiger charge is 2.33. The number of carbonyl (C=O) groups is 1. The number of nitrogens with zero attached hydrogens (tertiary/aromatic N) is 1. The molecule has 3 aromatic rings. The zero-order valence-electron chi connectivity index (χ0n) is 16.7. The molecule has 2 aromatic carbocycles. The first-order valence-electron chi connectivity index (χ1n) is 9.54. The van der Waals surface area contributed by atoms with E-state index in [1.54, 1.807) is 42.5 Å². The molecule has 0 saturated carbocycles.